The van der Waals surface area contributed by atoms with E-state index < -0.39 is 17.5 Å². The zero-order chi connectivity index (χ0) is 23.3. The Kier molecular flexibility index (Phi) is 7.61. The van der Waals surface area contributed by atoms with E-state index >= 15 is 0 Å². The summed E-state index contributed by atoms with van der Waals surface area (Å²) >= 11 is 6.25. The topological polar surface area (TPSA) is 67.9 Å². The monoisotopic (exact) mass is 462 g/mol. The van der Waals surface area contributed by atoms with Crippen LogP contribution in [0, 0.1) is 11.7 Å². The van der Waals surface area contributed by atoms with Gasteiger partial charge in [-0.2, -0.15) is 0 Å². The summed E-state index contributed by atoms with van der Waals surface area (Å²) in [6, 6.07) is 11.1. The van der Waals surface area contributed by atoms with Crippen molar-refractivity contribution in [3.05, 3.63) is 53.3 Å². The molecule has 0 aromatic heterocycles. The Hall–Kier alpha value is -2.80. The number of carbonyl (C=O) groups excluding carboxylic acids is 2. The van der Waals surface area contributed by atoms with Crippen molar-refractivity contribution >= 4 is 29.5 Å². The highest BCUT2D eigenvalue weighted by atomic mass is 35.5. The van der Waals surface area contributed by atoms with Crippen molar-refractivity contribution in [2.75, 3.05) is 25.0 Å². The maximum Gasteiger partial charge on any atom is 0.411 e. The molecule has 1 heterocycles. The van der Waals surface area contributed by atoms with Crippen LogP contribution in [0.15, 0.2) is 42.5 Å². The zero-order valence-electron chi connectivity index (χ0n) is 18.5. The average molecular weight is 463 g/mol. The molecular weight excluding hydrogens is 435 g/mol. The molecule has 1 aliphatic rings. The van der Waals surface area contributed by atoms with Crippen LogP contribution < -0.4 is 5.32 Å². The summed E-state index contributed by atoms with van der Waals surface area (Å²) in [7, 11) is 0. The first-order chi connectivity index (χ1) is 15.1. The third-order valence-corrected chi connectivity index (χ3v) is 5.43. The molecule has 0 saturated carbocycles. The molecule has 32 heavy (non-hydrogen) atoms. The van der Waals surface area contributed by atoms with Crippen molar-refractivity contribution in [1.82, 2.24) is 4.90 Å². The summed E-state index contributed by atoms with van der Waals surface area (Å²) in [4.78, 5) is 26.2. The first kappa shape index (κ1) is 23.9. The van der Waals surface area contributed by atoms with Crippen molar-refractivity contribution < 1.29 is 23.5 Å². The molecule has 0 unspecified atom stereocenters. The molecule has 2 aromatic rings. The van der Waals surface area contributed by atoms with Crippen LogP contribution >= 0.6 is 11.6 Å². The highest BCUT2D eigenvalue weighted by Gasteiger charge is 2.27. The Morgan fingerprint density at radius 2 is 1.81 bits per heavy atom. The normalized spacial score (nSPS) is 14.7. The molecule has 0 spiro atoms. The molecule has 6 nitrogen and oxygen atoms in total. The third-order valence-electron chi connectivity index (χ3n) is 5.10. The van der Waals surface area contributed by atoms with Gasteiger partial charge in [0.1, 0.15) is 11.4 Å². The molecule has 0 atom stereocenters. The van der Waals surface area contributed by atoms with Crippen LogP contribution in [0.4, 0.5) is 19.7 Å². The predicted octanol–water partition coefficient (Wildman–Crippen LogP) is 6.34. The van der Waals surface area contributed by atoms with Crippen molar-refractivity contribution in [1.29, 1.82) is 0 Å². The number of carbonyl (C=O) groups is 2. The van der Waals surface area contributed by atoms with Gasteiger partial charge in [0.2, 0.25) is 0 Å². The molecule has 0 bridgehead atoms. The van der Waals surface area contributed by atoms with Crippen molar-refractivity contribution in [2.45, 2.75) is 39.2 Å². The Balaban J connectivity index is 1.54. The van der Waals surface area contributed by atoms with Gasteiger partial charge in [0.25, 0.3) is 0 Å². The van der Waals surface area contributed by atoms with E-state index in [1.165, 1.54) is 18.2 Å². The van der Waals surface area contributed by atoms with E-state index in [0.29, 0.717) is 47.8 Å². The number of amides is 2. The Labute approximate surface area is 192 Å². The molecular formula is C24H28ClFN2O4. The smallest absolute Gasteiger partial charge is 0.411 e. The zero-order valence-corrected chi connectivity index (χ0v) is 19.2. The van der Waals surface area contributed by atoms with Crippen molar-refractivity contribution in [3.8, 4) is 11.1 Å². The maximum atomic E-state index is 13.8. The van der Waals surface area contributed by atoms with Gasteiger partial charge in [0, 0.05) is 29.2 Å². The quantitative estimate of drug-likeness (QED) is 0.575. The summed E-state index contributed by atoms with van der Waals surface area (Å²) in [5.74, 6) is -0.286. The number of likely N-dealkylation sites (tertiary alicyclic amines) is 1. The van der Waals surface area contributed by atoms with Crippen molar-refractivity contribution in [3.63, 3.8) is 0 Å². The van der Waals surface area contributed by atoms with Gasteiger partial charge < -0.3 is 14.4 Å². The third kappa shape index (κ3) is 6.60. The van der Waals surface area contributed by atoms with Gasteiger partial charge in [-0.1, -0.05) is 29.8 Å². The van der Waals surface area contributed by atoms with E-state index in [1.54, 1.807) is 29.2 Å². The van der Waals surface area contributed by atoms with Crippen LogP contribution in [0.2, 0.25) is 5.02 Å². The predicted molar refractivity (Wildman–Crippen MR) is 122 cm³/mol. The highest BCUT2D eigenvalue weighted by molar-refractivity contribution is 6.33. The lowest BCUT2D eigenvalue weighted by atomic mass is 9.98. The van der Waals surface area contributed by atoms with E-state index in [9.17, 15) is 14.0 Å². The van der Waals surface area contributed by atoms with Gasteiger partial charge in [0.05, 0.1) is 12.3 Å². The fourth-order valence-electron chi connectivity index (χ4n) is 3.48. The minimum atomic E-state index is -0.625. The van der Waals surface area contributed by atoms with Crippen LogP contribution in [0.25, 0.3) is 11.1 Å². The molecule has 1 N–H and O–H groups in total. The largest absolute Gasteiger partial charge is 0.449 e. The van der Waals surface area contributed by atoms with Gasteiger partial charge in [-0.25, -0.2) is 14.0 Å². The lowest BCUT2D eigenvalue weighted by Gasteiger charge is -2.33. The fraction of sp³-hybridized carbons (Fsp3) is 0.417. The van der Waals surface area contributed by atoms with E-state index in [0.717, 1.165) is 0 Å². The first-order valence-corrected chi connectivity index (χ1v) is 11.0. The number of piperidine rings is 1. The maximum absolute atomic E-state index is 13.8. The summed E-state index contributed by atoms with van der Waals surface area (Å²) in [5.41, 5.74) is 0.958. The average Bonchev–Trinajstić information content (AvgIpc) is 2.73. The second-order valence-corrected chi connectivity index (χ2v) is 9.21. The highest BCUT2D eigenvalue weighted by Crippen LogP contribution is 2.34. The SMILES string of the molecule is CC(C)(C)OC(=O)N1CCC(COC(=O)Nc2ccc(F)cc2-c2ccccc2Cl)CC1. The van der Waals surface area contributed by atoms with Crippen LogP contribution in [-0.2, 0) is 9.47 Å². The molecule has 1 fully saturated rings. The van der Waals surface area contributed by atoms with Gasteiger partial charge in [-0.15, -0.1) is 0 Å². The molecule has 2 aromatic carbocycles. The molecule has 2 amide bonds. The number of hydrogen-bond acceptors (Lipinski definition) is 4. The van der Waals surface area contributed by atoms with E-state index in [2.05, 4.69) is 5.32 Å². The standard InChI is InChI=1S/C24H28ClFN2O4/c1-24(2,3)32-23(30)28-12-10-16(11-13-28)15-31-22(29)27-21-9-8-17(26)14-19(21)18-6-4-5-7-20(18)25/h4-9,14,16H,10-13,15H2,1-3H3,(H,27,29). The number of nitrogens with one attached hydrogen (secondary N) is 1. The van der Waals surface area contributed by atoms with Crippen LogP contribution in [0.5, 0.6) is 0 Å². The van der Waals surface area contributed by atoms with Gasteiger partial charge in [-0.3, -0.25) is 5.32 Å². The molecule has 8 heteroatoms. The first-order valence-electron chi connectivity index (χ1n) is 10.6. The van der Waals surface area contributed by atoms with Crippen LogP contribution in [-0.4, -0.2) is 42.4 Å². The molecule has 1 saturated heterocycles. The number of benzene rings is 2. The summed E-state index contributed by atoms with van der Waals surface area (Å²) < 4.78 is 24.6. The Bertz CT molecular complexity index is 969. The second kappa shape index (κ2) is 10.2. The van der Waals surface area contributed by atoms with E-state index in [1.807, 2.05) is 20.8 Å². The minimum Gasteiger partial charge on any atom is -0.449 e. The fourth-order valence-corrected chi connectivity index (χ4v) is 3.71. The van der Waals surface area contributed by atoms with Gasteiger partial charge in [-0.05, 0) is 63.8 Å². The Morgan fingerprint density at radius 3 is 2.47 bits per heavy atom. The Morgan fingerprint density at radius 1 is 1.12 bits per heavy atom. The number of nitrogens with zero attached hydrogens (tertiary/aromatic N) is 1. The summed E-state index contributed by atoms with van der Waals surface area (Å²) in [6.07, 6.45) is 0.486. The molecule has 0 radical (unpaired) electrons. The number of ether oxygens (including phenoxy) is 2. The van der Waals surface area contributed by atoms with E-state index in [4.69, 9.17) is 21.1 Å². The van der Waals surface area contributed by atoms with Crippen molar-refractivity contribution in [2.24, 2.45) is 5.92 Å². The van der Waals surface area contributed by atoms with E-state index in [-0.39, 0.29) is 18.6 Å². The minimum absolute atomic E-state index is 0.149. The lowest BCUT2D eigenvalue weighted by Crippen LogP contribution is -2.42. The molecule has 1 aliphatic heterocycles. The molecule has 0 aliphatic carbocycles. The number of anilines is 1. The second-order valence-electron chi connectivity index (χ2n) is 8.80. The molecule has 172 valence electrons. The van der Waals surface area contributed by atoms with Crippen LogP contribution in [0.1, 0.15) is 33.6 Å². The number of halogens is 2. The van der Waals surface area contributed by atoms with Gasteiger partial charge in [0.15, 0.2) is 0 Å². The van der Waals surface area contributed by atoms with Crippen LogP contribution in [0.3, 0.4) is 0 Å². The lowest BCUT2D eigenvalue weighted by molar-refractivity contribution is 0.0153. The summed E-state index contributed by atoms with van der Waals surface area (Å²) in [6.45, 7) is 6.85. The number of rotatable bonds is 4. The summed E-state index contributed by atoms with van der Waals surface area (Å²) in [5, 5.41) is 3.14. The van der Waals surface area contributed by atoms with Gasteiger partial charge >= 0.3 is 12.2 Å². The number of hydrogen-bond donors (Lipinski definition) is 1. The molecule has 3 rings (SSSR count).